The molecule has 1 aliphatic rings. The molecule has 2 N–H and O–H groups in total. The first-order valence-corrected chi connectivity index (χ1v) is 6.11. The Bertz CT molecular complexity index is 529. The van der Waals surface area contributed by atoms with Gasteiger partial charge in [-0.05, 0) is 45.1 Å². The number of nitrogens with zero attached hydrogens (tertiary/aromatic N) is 1. The van der Waals surface area contributed by atoms with Gasteiger partial charge in [-0.15, -0.1) is 0 Å². The number of aromatic hydroxyl groups is 1. The van der Waals surface area contributed by atoms with Crippen LogP contribution in [0.1, 0.15) is 43.4 Å². The van der Waals surface area contributed by atoms with Gasteiger partial charge in [-0.2, -0.15) is 0 Å². The molecule has 4 nitrogen and oxygen atoms in total. The summed E-state index contributed by atoms with van der Waals surface area (Å²) in [6, 6.07) is 0. The van der Waals surface area contributed by atoms with Gasteiger partial charge in [0.25, 0.3) is 5.56 Å². The molecule has 1 heterocycles. The molecule has 0 fully saturated rings. The fraction of sp³-hybridized carbons (Fsp3) is 0.538. The van der Waals surface area contributed by atoms with Crippen LogP contribution >= 0.6 is 0 Å². The van der Waals surface area contributed by atoms with E-state index in [1.165, 1.54) is 4.57 Å². The largest absolute Gasteiger partial charge is 0.494 e. The SMILES string of the molecule is CCn1c(O)c2c(c(C(C)=N)c1=O)CCCC2. The quantitative estimate of drug-likeness (QED) is 0.767. The number of fused-ring (bicyclic) bond motifs is 1. The molecule has 92 valence electrons. The maximum Gasteiger partial charge on any atom is 0.262 e. The fourth-order valence-corrected chi connectivity index (χ4v) is 2.63. The third-order valence-corrected chi connectivity index (χ3v) is 3.45. The third kappa shape index (κ3) is 1.77. The minimum absolute atomic E-state index is 0.109. The summed E-state index contributed by atoms with van der Waals surface area (Å²) in [5.41, 5.74) is 2.35. The van der Waals surface area contributed by atoms with Crippen LogP contribution in [0.2, 0.25) is 0 Å². The highest BCUT2D eigenvalue weighted by molar-refractivity contribution is 5.97. The number of hydrogen-bond acceptors (Lipinski definition) is 3. The number of nitrogens with one attached hydrogen (secondary N) is 1. The Labute approximate surface area is 100 Å². The first-order chi connectivity index (χ1) is 8.07. The highest BCUT2D eigenvalue weighted by Crippen LogP contribution is 2.29. The molecule has 17 heavy (non-hydrogen) atoms. The smallest absolute Gasteiger partial charge is 0.262 e. The van der Waals surface area contributed by atoms with Gasteiger partial charge in [0.1, 0.15) is 0 Å². The Hall–Kier alpha value is -1.58. The van der Waals surface area contributed by atoms with Gasteiger partial charge in [-0.3, -0.25) is 9.36 Å². The highest BCUT2D eigenvalue weighted by Gasteiger charge is 2.23. The summed E-state index contributed by atoms with van der Waals surface area (Å²) in [5, 5.41) is 17.9. The monoisotopic (exact) mass is 234 g/mol. The molecule has 0 atom stereocenters. The van der Waals surface area contributed by atoms with Crippen molar-refractivity contribution >= 4 is 5.71 Å². The predicted molar refractivity (Wildman–Crippen MR) is 67.2 cm³/mol. The molecule has 0 saturated heterocycles. The van der Waals surface area contributed by atoms with Gasteiger partial charge in [0.05, 0.1) is 5.56 Å². The van der Waals surface area contributed by atoms with E-state index in [0.717, 1.165) is 36.8 Å². The van der Waals surface area contributed by atoms with E-state index in [9.17, 15) is 9.90 Å². The first kappa shape index (κ1) is 11.9. The van der Waals surface area contributed by atoms with E-state index < -0.39 is 0 Å². The number of pyridine rings is 1. The van der Waals surface area contributed by atoms with Crippen molar-refractivity contribution in [2.45, 2.75) is 46.1 Å². The molecule has 0 unspecified atom stereocenters. The maximum absolute atomic E-state index is 12.2. The van der Waals surface area contributed by atoms with E-state index in [1.807, 2.05) is 6.92 Å². The van der Waals surface area contributed by atoms with Crippen molar-refractivity contribution in [3.05, 3.63) is 27.0 Å². The van der Waals surface area contributed by atoms with Crippen LogP contribution in [0.4, 0.5) is 0 Å². The van der Waals surface area contributed by atoms with Gasteiger partial charge >= 0.3 is 0 Å². The second-order valence-electron chi connectivity index (χ2n) is 4.54. The van der Waals surface area contributed by atoms with Crippen LogP contribution in [0.5, 0.6) is 5.88 Å². The van der Waals surface area contributed by atoms with Gasteiger partial charge in [-0.25, -0.2) is 0 Å². The van der Waals surface area contributed by atoms with Crippen LogP contribution < -0.4 is 5.56 Å². The molecule has 0 amide bonds. The van der Waals surface area contributed by atoms with Crippen molar-refractivity contribution in [1.29, 1.82) is 5.41 Å². The van der Waals surface area contributed by atoms with E-state index in [0.29, 0.717) is 17.8 Å². The maximum atomic E-state index is 12.2. The predicted octanol–water partition coefficient (Wildman–Crippen LogP) is 1.84. The minimum atomic E-state index is -0.224. The van der Waals surface area contributed by atoms with E-state index in [2.05, 4.69) is 0 Å². The summed E-state index contributed by atoms with van der Waals surface area (Å²) >= 11 is 0. The average Bonchev–Trinajstić information content (AvgIpc) is 2.29. The molecule has 1 aromatic heterocycles. The zero-order valence-electron chi connectivity index (χ0n) is 10.3. The summed E-state index contributed by atoms with van der Waals surface area (Å²) in [6.07, 6.45) is 3.68. The van der Waals surface area contributed by atoms with Gasteiger partial charge in [-0.1, -0.05) is 0 Å². The lowest BCUT2D eigenvalue weighted by molar-refractivity contribution is 0.398. The minimum Gasteiger partial charge on any atom is -0.494 e. The Morgan fingerprint density at radius 2 is 1.94 bits per heavy atom. The molecule has 1 aromatic rings. The van der Waals surface area contributed by atoms with Crippen molar-refractivity contribution in [2.75, 3.05) is 0 Å². The van der Waals surface area contributed by atoms with E-state index in [1.54, 1.807) is 6.92 Å². The molecule has 0 radical (unpaired) electrons. The topological polar surface area (TPSA) is 66.1 Å². The van der Waals surface area contributed by atoms with Gasteiger partial charge in [0.2, 0.25) is 0 Å². The normalized spacial score (nSPS) is 14.5. The summed E-state index contributed by atoms with van der Waals surface area (Å²) in [5.74, 6) is 0.109. The van der Waals surface area contributed by atoms with E-state index >= 15 is 0 Å². The van der Waals surface area contributed by atoms with Crippen LogP contribution in [0.15, 0.2) is 4.79 Å². The van der Waals surface area contributed by atoms with Crippen LogP contribution in [-0.4, -0.2) is 15.4 Å². The first-order valence-electron chi connectivity index (χ1n) is 6.11. The summed E-state index contributed by atoms with van der Waals surface area (Å²) in [6.45, 7) is 3.92. The highest BCUT2D eigenvalue weighted by atomic mass is 16.3. The van der Waals surface area contributed by atoms with Crippen LogP contribution in [-0.2, 0) is 19.4 Å². The zero-order chi connectivity index (χ0) is 12.6. The fourth-order valence-electron chi connectivity index (χ4n) is 2.63. The number of aromatic nitrogens is 1. The second kappa shape index (κ2) is 4.35. The Morgan fingerprint density at radius 1 is 1.35 bits per heavy atom. The van der Waals surface area contributed by atoms with Crippen LogP contribution in [0, 0.1) is 5.41 Å². The second-order valence-corrected chi connectivity index (χ2v) is 4.54. The van der Waals surface area contributed by atoms with Crippen molar-refractivity contribution in [3.8, 4) is 5.88 Å². The van der Waals surface area contributed by atoms with Crippen LogP contribution in [0.25, 0.3) is 0 Å². The molecule has 0 aliphatic heterocycles. The molecule has 2 rings (SSSR count). The molecule has 0 bridgehead atoms. The average molecular weight is 234 g/mol. The standard InChI is InChI=1S/C13H18N2O2/c1-3-15-12(16)10-7-5-4-6-9(10)11(8(2)14)13(15)17/h14,16H,3-7H2,1-2H3. The molecule has 0 aromatic carbocycles. The lowest BCUT2D eigenvalue weighted by Gasteiger charge is -2.22. The number of hydrogen-bond donors (Lipinski definition) is 2. The molecular formula is C13H18N2O2. The van der Waals surface area contributed by atoms with Crippen molar-refractivity contribution in [1.82, 2.24) is 4.57 Å². The zero-order valence-corrected chi connectivity index (χ0v) is 10.3. The van der Waals surface area contributed by atoms with Crippen molar-refractivity contribution < 1.29 is 5.11 Å². The van der Waals surface area contributed by atoms with E-state index in [4.69, 9.17) is 5.41 Å². The third-order valence-electron chi connectivity index (χ3n) is 3.45. The van der Waals surface area contributed by atoms with Gasteiger partial charge < -0.3 is 10.5 Å². The van der Waals surface area contributed by atoms with Gasteiger partial charge in [0, 0.05) is 17.8 Å². The summed E-state index contributed by atoms with van der Waals surface area (Å²) < 4.78 is 1.37. The summed E-state index contributed by atoms with van der Waals surface area (Å²) in [4.78, 5) is 12.2. The Kier molecular flexibility index (Phi) is 3.05. The molecule has 0 spiro atoms. The van der Waals surface area contributed by atoms with E-state index in [-0.39, 0.29) is 11.4 Å². The lowest BCUT2D eigenvalue weighted by atomic mass is 9.88. The lowest BCUT2D eigenvalue weighted by Crippen LogP contribution is -2.29. The molecule has 1 aliphatic carbocycles. The van der Waals surface area contributed by atoms with Crippen molar-refractivity contribution in [3.63, 3.8) is 0 Å². The molecule has 0 saturated carbocycles. The Morgan fingerprint density at radius 3 is 2.47 bits per heavy atom. The Balaban J connectivity index is 2.83. The number of rotatable bonds is 2. The van der Waals surface area contributed by atoms with Gasteiger partial charge in [0.15, 0.2) is 5.88 Å². The molecular weight excluding hydrogens is 216 g/mol. The molecule has 4 heteroatoms. The summed E-state index contributed by atoms with van der Waals surface area (Å²) in [7, 11) is 0. The van der Waals surface area contributed by atoms with Crippen molar-refractivity contribution in [2.24, 2.45) is 0 Å². The van der Waals surface area contributed by atoms with Crippen LogP contribution in [0.3, 0.4) is 0 Å².